The first-order valence-electron chi connectivity index (χ1n) is 15.2. The highest BCUT2D eigenvalue weighted by molar-refractivity contribution is 5.97. The monoisotopic (exact) mass is 564 g/mol. The highest BCUT2D eigenvalue weighted by atomic mass is 16.1. The Balaban J connectivity index is 1.93. The number of carbonyl (C=O) groups is 2. The lowest BCUT2D eigenvalue weighted by atomic mass is 9.72. The van der Waals surface area contributed by atoms with E-state index in [1.54, 1.807) is 0 Å². The van der Waals surface area contributed by atoms with Crippen LogP contribution in [0, 0.1) is 10.8 Å². The molecule has 0 atom stereocenters. The minimum Gasteiger partial charge on any atom is -0.295 e. The summed E-state index contributed by atoms with van der Waals surface area (Å²) >= 11 is 0. The van der Waals surface area contributed by atoms with Gasteiger partial charge in [0.25, 0.3) is 0 Å². The molecule has 0 saturated heterocycles. The summed E-state index contributed by atoms with van der Waals surface area (Å²) in [6.45, 7) is 21.1. The molecule has 42 heavy (non-hydrogen) atoms. The van der Waals surface area contributed by atoms with E-state index in [0.29, 0.717) is 12.8 Å². The summed E-state index contributed by atoms with van der Waals surface area (Å²) in [5.74, 6) is 0.542. The molecule has 0 radical (unpaired) electrons. The zero-order valence-electron chi connectivity index (χ0n) is 27.7. The Hall–Kier alpha value is -3.52. The number of hydrogen-bond donors (Lipinski definition) is 0. The van der Waals surface area contributed by atoms with Crippen molar-refractivity contribution in [3.8, 4) is 0 Å². The van der Waals surface area contributed by atoms with Crippen molar-refractivity contribution < 1.29 is 9.59 Å². The molecule has 0 aromatic rings. The first kappa shape index (κ1) is 34.7. The topological polar surface area (TPSA) is 34.1 Å². The third-order valence-corrected chi connectivity index (χ3v) is 8.35. The van der Waals surface area contributed by atoms with E-state index in [1.807, 2.05) is 13.8 Å². The van der Waals surface area contributed by atoms with E-state index in [1.165, 1.54) is 0 Å². The number of Topliss-reactive ketones (excluding diaryl/α,β-unsaturated/α-hetero) is 2. The molecule has 0 aromatic heterocycles. The Morgan fingerprint density at radius 3 is 1.19 bits per heavy atom. The molecule has 0 fully saturated rings. The smallest absolute Gasteiger partial charge is 0.158 e. The van der Waals surface area contributed by atoms with Gasteiger partial charge in [-0.15, -0.1) is 0 Å². The fourth-order valence-corrected chi connectivity index (χ4v) is 5.28. The van der Waals surface area contributed by atoms with Gasteiger partial charge in [-0.05, 0) is 87.5 Å². The number of ketones is 2. The summed E-state index contributed by atoms with van der Waals surface area (Å²) in [7, 11) is 0. The summed E-state index contributed by atoms with van der Waals surface area (Å²) in [5, 5.41) is 0. The second-order valence-electron chi connectivity index (χ2n) is 13.1. The van der Waals surface area contributed by atoms with Gasteiger partial charge in [0.2, 0.25) is 0 Å². The SMILES string of the molecule is CC1=C(/C=C/C(C)=C/C=C/C(C)=C\C=C\C=C(C)\C=C\C=C(C)\C=C\C2=C(C)C(=O)CCC2(C)C)C(C)(C)CCC1=O. The Morgan fingerprint density at radius 1 is 0.524 bits per heavy atom. The molecule has 224 valence electrons. The molecule has 0 N–H and O–H groups in total. The Kier molecular flexibility index (Phi) is 12.9. The zero-order valence-corrected chi connectivity index (χ0v) is 27.7. The first-order chi connectivity index (χ1) is 19.6. The predicted molar refractivity (Wildman–Crippen MR) is 182 cm³/mol. The van der Waals surface area contributed by atoms with Gasteiger partial charge in [0.05, 0.1) is 0 Å². The Morgan fingerprint density at radius 2 is 0.833 bits per heavy atom. The van der Waals surface area contributed by atoms with Crippen molar-refractivity contribution in [2.75, 3.05) is 0 Å². The molecule has 2 nitrogen and oxygen atoms in total. The highest BCUT2D eigenvalue weighted by Gasteiger charge is 2.31. The van der Waals surface area contributed by atoms with E-state index in [2.05, 4.69) is 140 Å². The van der Waals surface area contributed by atoms with Gasteiger partial charge in [-0.2, -0.15) is 0 Å². The van der Waals surface area contributed by atoms with E-state index in [4.69, 9.17) is 0 Å². The largest absolute Gasteiger partial charge is 0.295 e. The van der Waals surface area contributed by atoms with Gasteiger partial charge < -0.3 is 0 Å². The van der Waals surface area contributed by atoms with Crippen LogP contribution < -0.4 is 0 Å². The van der Waals surface area contributed by atoms with Gasteiger partial charge in [-0.1, -0.05) is 135 Å². The number of allylic oxidation sites excluding steroid dienone is 22. The van der Waals surface area contributed by atoms with Gasteiger partial charge in [0.15, 0.2) is 11.6 Å². The maximum Gasteiger partial charge on any atom is 0.158 e. The third kappa shape index (κ3) is 10.7. The van der Waals surface area contributed by atoms with Crippen molar-refractivity contribution in [1.29, 1.82) is 0 Å². The zero-order chi connectivity index (χ0) is 31.5. The molecule has 2 heteroatoms. The quantitative estimate of drug-likeness (QED) is 0.247. The molecule has 0 aliphatic heterocycles. The Labute approximate surface area is 256 Å². The standard InChI is InChI=1S/C40H52O2/c1-29(17-13-19-31(3)21-23-35-33(5)37(41)25-27-39(35,7)8)15-11-12-16-30(2)18-14-20-32(4)22-24-36-34(6)38(42)26-28-40(36,9)10/h11-24H,25-28H2,1-10H3/b12-11+,17-13+,18-14+,23-21+,24-22+,29-15-,30-16+,31-19+,32-20+. The summed E-state index contributed by atoms with van der Waals surface area (Å²) in [5.41, 5.74) is 8.82. The summed E-state index contributed by atoms with van der Waals surface area (Å²) in [4.78, 5) is 24.3. The third-order valence-electron chi connectivity index (χ3n) is 8.35. The normalized spacial score (nSPS) is 21.6. The van der Waals surface area contributed by atoms with Gasteiger partial charge in [-0.3, -0.25) is 9.59 Å². The maximum atomic E-state index is 12.2. The van der Waals surface area contributed by atoms with Crippen LogP contribution >= 0.6 is 0 Å². The highest BCUT2D eigenvalue weighted by Crippen LogP contribution is 2.40. The van der Waals surface area contributed by atoms with Crippen LogP contribution in [0.25, 0.3) is 0 Å². The van der Waals surface area contributed by atoms with E-state index in [0.717, 1.165) is 57.4 Å². The van der Waals surface area contributed by atoms with Crippen molar-refractivity contribution >= 4 is 11.6 Å². The molecule has 0 heterocycles. The average molecular weight is 565 g/mol. The van der Waals surface area contributed by atoms with Crippen LogP contribution in [0.4, 0.5) is 0 Å². The molecule has 0 bridgehead atoms. The molecule has 2 aliphatic carbocycles. The first-order valence-corrected chi connectivity index (χ1v) is 15.2. The molecule has 0 spiro atoms. The molecule has 0 unspecified atom stereocenters. The van der Waals surface area contributed by atoms with Gasteiger partial charge >= 0.3 is 0 Å². The van der Waals surface area contributed by atoms with Gasteiger partial charge in [0.1, 0.15) is 0 Å². The summed E-state index contributed by atoms with van der Waals surface area (Å²) in [6, 6.07) is 0. The Bertz CT molecular complexity index is 1270. The van der Waals surface area contributed by atoms with E-state index < -0.39 is 0 Å². The van der Waals surface area contributed by atoms with Crippen molar-refractivity contribution in [2.24, 2.45) is 10.8 Å². The number of carbonyl (C=O) groups excluding carboxylic acids is 2. The second-order valence-corrected chi connectivity index (χ2v) is 13.1. The lowest BCUT2D eigenvalue weighted by Crippen LogP contribution is -2.24. The number of rotatable bonds is 10. The molecule has 2 rings (SSSR count). The van der Waals surface area contributed by atoms with Crippen molar-refractivity contribution in [2.45, 2.75) is 94.9 Å². The average Bonchev–Trinajstić information content (AvgIpc) is 2.91. The van der Waals surface area contributed by atoms with Crippen LogP contribution in [0.2, 0.25) is 0 Å². The molecule has 0 saturated carbocycles. The van der Waals surface area contributed by atoms with Crippen LogP contribution in [-0.2, 0) is 9.59 Å². The molecular formula is C40H52O2. The molecular weight excluding hydrogens is 512 g/mol. The summed E-state index contributed by atoms with van der Waals surface area (Å²) in [6.07, 6.45) is 32.4. The van der Waals surface area contributed by atoms with Crippen LogP contribution in [0.5, 0.6) is 0 Å². The maximum absolute atomic E-state index is 12.2. The van der Waals surface area contributed by atoms with Crippen molar-refractivity contribution in [3.63, 3.8) is 0 Å². The van der Waals surface area contributed by atoms with E-state index in [9.17, 15) is 9.59 Å². The van der Waals surface area contributed by atoms with Crippen LogP contribution in [0.1, 0.15) is 94.9 Å². The predicted octanol–water partition coefficient (Wildman–Crippen LogP) is 11.0. The van der Waals surface area contributed by atoms with Crippen LogP contribution in [0.3, 0.4) is 0 Å². The molecule has 2 aliphatic rings. The lowest BCUT2D eigenvalue weighted by molar-refractivity contribution is -0.117. The van der Waals surface area contributed by atoms with Crippen molar-refractivity contribution in [3.05, 3.63) is 130 Å². The minimum absolute atomic E-state index is 0.0404. The van der Waals surface area contributed by atoms with E-state index in [-0.39, 0.29) is 22.4 Å². The fraction of sp³-hybridized carbons (Fsp3) is 0.400. The fourth-order valence-electron chi connectivity index (χ4n) is 5.28. The lowest BCUT2D eigenvalue weighted by Gasteiger charge is -2.32. The van der Waals surface area contributed by atoms with Gasteiger partial charge in [-0.25, -0.2) is 0 Å². The van der Waals surface area contributed by atoms with E-state index >= 15 is 0 Å². The minimum atomic E-state index is 0.0404. The number of hydrogen-bond acceptors (Lipinski definition) is 2. The summed E-state index contributed by atoms with van der Waals surface area (Å²) < 4.78 is 0. The molecule has 0 aromatic carbocycles. The van der Waals surface area contributed by atoms with Crippen molar-refractivity contribution in [1.82, 2.24) is 0 Å². The second kappa shape index (κ2) is 15.6. The van der Waals surface area contributed by atoms with Crippen LogP contribution in [0.15, 0.2) is 130 Å². The van der Waals surface area contributed by atoms with Crippen LogP contribution in [-0.4, -0.2) is 11.6 Å². The van der Waals surface area contributed by atoms with Gasteiger partial charge in [0, 0.05) is 12.8 Å². The molecule has 0 amide bonds.